The second kappa shape index (κ2) is 7.57. The van der Waals surface area contributed by atoms with Crippen LogP contribution in [0.15, 0.2) is 59.5 Å². The Labute approximate surface area is 162 Å². The number of aryl methyl sites for hydroxylation is 1. The number of carbonyl (C=O) groups is 1. The van der Waals surface area contributed by atoms with E-state index in [2.05, 4.69) is 0 Å². The summed E-state index contributed by atoms with van der Waals surface area (Å²) in [5.41, 5.74) is 2.60. The molecule has 0 atom stereocenters. The van der Waals surface area contributed by atoms with E-state index >= 15 is 0 Å². The minimum Gasteiger partial charge on any atom is -0.482 e. The predicted octanol–water partition coefficient (Wildman–Crippen LogP) is 3.14. The van der Waals surface area contributed by atoms with Crippen molar-refractivity contribution in [2.24, 2.45) is 5.14 Å². The number of halogens is 1. The molecule has 0 fully saturated rings. The Morgan fingerprint density at radius 3 is 2.36 bits per heavy atom. The molecule has 0 aliphatic heterocycles. The summed E-state index contributed by atoms with van der Waals surface area (Å²) >= 11 is 0. The van der Waals surface area contributed by atoms with Gasteiger partial charge in [-0.2, -0.15) is 0 Å². The van der Waals surface area contributed by atoms with Crippen LogP contribution in [0.5, 0.6) is 5.75 Å². The predicted molar refractivity (Wildman–Crippen MR) is 103 cm³/mol. The molecule has 3 rings (SSSR count). The van der Waals surface area contributed by atoms with Gasteiger partial charge in [0.1, 0.15) is 0 Å². The van der Waals surface area contributed by atoms with Crippen LogP contribution >= 0.6 is 0 Å². The van der Waals surface area contributed by atoms with Crippen molar-refractivity contribution in [3.8, 4) is 11.4 Å². The first kappa shape index (κ1) is 19.8. The van der Waals surface area contributed by atoms with Gasteiger partial charge in [-0.3, -0.25) is 4.79 Å². The lowest BCUT2D eigenvalue weighted by molar-refractivity contribution is 0.0918. The van der Waals surface area contributed by atoms with Gasteiger partial charge in [0, 0.05) is 22.6 Å². The van der Waals surface area contributed by atoms with E-state index in [-0.39, 0.29) is 23.0 Å². The van der Waals surface area contributed by atoms with Crippen LogP contribution in [0.4, 0.5) is 4.39 Å². The number of ketones is 1. The Balaban J connectivity index is 1.85. The van der Waals surface area contributed by atoms with Crippen LogP contribution in [0.1, 0.15) is 21.7 Å². The highest BCUT2D eigenvalue weighted by atomic mass is 32.2. The number of ether oxygens (including phenoxy) is 1. The molecular weight excluding hydrogens is 383 g/mol. The Bertz CT molecular complexity index is 1140. The van der Waals surface area contributed by atoms with Crippen molar-refractivity contribution in [1.29, 1.82) is 0 Å². The van der Waals surface area contributed by atoms with Crippen LogP contribution < -0.4 is 9.88 Å². The number of hydrogen-bond donors (Lipinski definition) is 1. The average Bonchev–Trinajstić information content (AvgIpc) is 2.94. The van der Waals surface area contributed by atoms with Gasteiger partial charge in [-0.25, -0.2) is 17.9 Å². The van der Waals surface area contributed by atoms with Crippen molar-refractivity contribution in [3.63, 3.8) is 0 Å². The quantitative estimate of drug-likeness (QED) is 0.641. The zero-order valence-electron chi connectivity index (χ0n) is 15.3. The van der Waals surface area contributed by atoms with Gasteiger partial charge < -0.3 is 9.30 Å². The maximum atomic E-state index is 13.6. The van der Waals surface area contributed by atoms with Crippen LogP contribution in [0.25, 0.3) is 5.69 Å². The van der Waals surface area contributed by atoms with E-state index in [1.807, 2.05) is 11.5 Å². The van der Waals surface area contributed by atoms with Gasteiger partial charge in [-0.1, -0.05) is 12.1 Å². The number of hydrogen-bond acceptors (Lipinski definition) is 4. The Kier molecular flexibility index (Phi) is 5.35. The molecule has 0 aliphatic carbocycles. The van der Waals surface area contributed by atoms with E-state index in [4.69, 9.17) is 9.88 Å². The van der Waals surface area contributed by atoms with Crippen LogP contribution in [0, 0.1) is 19.7 Å². The first-order chi connectivity index (χ1) is 13.2. The van der Waals surface area contributed by atoms with E-state index in [1.54, 1.807) is 37.3 Å². The largest absolute Gasteiger partial charge is 0.482 e. The number of benzene rings is 2. The summed E-state index contributed by atoms with van der Waals surface area (Å²) in [7, 11) is -3.78. The molecule has 6 nitrogen and oxygen atoms in total. The molecule has 1 heterocycles. The van der Waals surface area contributed by atoms with Gasteiger partial charge in [0.2, 0.25) is 15.8 Å². The van der Waals surface area contributed by atoms with E-state index in [9.17, 15) is 17.6 Å². The van der Waals surface area contributed by atoms with Gasteiger partial charge >= 0.3 is 0 Å². The van der Waals surface area contributed by atoms with Crippen molar-refractivity contribution >= 4 is 15.8 Å². The zero-order valence-corrected chi connectivity index (χ0v) is 16.2. The Hall–Kier alpha value is -2.97. The first-order valence-corrected chi connectivity index (χ1v) is 9.96. The fourth-order valence-electron chi connectivity index (χ4n) is 3.01. The zero-order chi connectivity index (χ0) is 20.5. The summed E-state index contributed by atoms with van der Waals surface area (Å²) in [6, 6.07) is 13.6. The highest BCUT2D eigenvalue weighted by molar-refractivity contribution is 7.89. The van der Waals surface area contributed by atoms with E-state index in [1.165, 1.54) is 24.3 Å². The molecule has 0 amide bonds. The fourth-order valence-corrected chi connectivity index (χ4v) is 3.53. The maximum absolute atomic E-state index is 13.6. The van der Waals surface area contributed by atoms with Crippen LogP contribution in [-0.4, -0.2) is 25.4 Å². The maximum Gasteiger partial charge on any atom is 0.238 e. The average molecular weight is 402 g/mol. The van der Waals surface area contributed by atoms with Gasteiger partial charge in [0.05, 0.1) is 4.90 Å². The molecule has 0 radical (unpaired) electrons. The summed E-state index contributed by atoms with van der Waals surface area (Å²) in [5, 5.41) is 5.12. The number of carbonyl (C=O) groups excluding carboxylic acids is 1. The normalized spacial score (nSPS) is 11.4. The molecule has 1 aromatic heterocycles. The number of nitrogens with two attached hydrogens (primary N) is 1. The topological polar surface area (TPSA) is 91.4 Å². The first-order valence-electron chi connectivity index (χ1n) is 8.41. The lowest BCUT2D eigenvalue weighted by Crippen LogP contribution is -2.13. The molecule has 3 aromatic rings. The van der Waals surface area contributed by atoms with Crippen LogP contribution in [0.2, 0.25) is 0 Å². The van der Waals surface area contributed by atoms with Crippen molar-refractivity contribution in [1.82, 2.24) is 4.57 Å². The minimum atomic E-state index is -3.78. The standard InChI is InChI=1S/C20H19FN2O4S/c1-13-11-17(19(24)12-27-20-6-4-3-5-18(20)21)14(2)23(13)15-7-9-16(10-8-15)28(22,25)26/h3-11H,12H2,1-2H3,(H2,22,25,26). The van der Waals surface area contributed by atoms with Gasteiger partial charge in [0.15, 0.2) is 18.2 Å². The number of sulfonamides is 1. The second-order valence-electron chi connectivity index (χ2n) is 6.30. The second-order valence-corrected chi connectivity index (χ2v) is 7.86. The summed E-state index contributed by atoms with van der Waals surface area (Å²) in [4.78, 5) is 12.6. The molecule has 0 spiro atoms. The third-order valence-electron chi connectivity index (χ3n) is 4.35. The molecule has 8 heteroatoms. The molecule has 2 N–H and O–H groups in total. The number of primary sulfonamides is 1. The van der Waals surface area contributed by atoms with Crippen molar-refractivity contribution in [3.05, 3.63) is 77.4 Å². The Morgan fingerprint density at radius 1 is 1.11 bits per heavy atom. The molecule has 2 aromatic carbocycles. The highest BCUT2D eigenvalue weighted by Crippen LogP contribution is 2.23. The van der Waals surface area contributed by atoms with Gasteiger partial charge in [-0.05, 0) is 56.3 Å². The number of aromatic nitrogens is 1. The Morgan fingerprint density at radius 2 is 1.75 bits per heavy atom. The summed E-state index contributed by atoms with van der Waals surface area (Å²) in [6.45, 7) is 3.31. The van der Waals surface area contributed by atoms with Crippen LogP contribution in [0.3, 0.4) is 0 Å². The fraction of sp³-hybridized carbons (Fsp3) is 0.150. The lowest BCUT2D eigenvalue weighted by atomic mass is 10.1. The molecule has 0 bridgehead atoms. The summed E-state index contributed by atoms with van der Waals surface area (Å²) in [6.07, 6.45) is 0. The van der Waals surface area contributed by atoms with E-state index in [0.717, 1.165) is 5.69 Å². The SMILES string of the molecule is Cc1cc(C(=O)COc2ccccc2F)c(C)n1-c1ccc(S(N)(=O)=O)cc1. The highest BCUT2D eigenvalue weighted by Gasteiger charge is 2.18. The number of Topliss-reactive ketones (excluding diaryl/α,β-unsaturated/α-hetero) is 1. The molecule has 0 saturated carbocycles. The molecular formula is C20H19FN2O4S. The molecule has 0 unspecified atom stereocenters. The number of rotatable bonds is 6. The van der Waals surface area contributed by atoms with E-state index in [0.29, 0.717) is 16.9 Å². The monoisotopic (exact) mass is 402 g/mol. The van der Waals surface area contributed by atoms with Gasteiger partial charge in [0.25, 0.3) is 0 Å². The number of nitrogens with zero attached hydrogens (tertiary/aromatic N) is 1. The molecule has 28 heavy (non-hydrogen) atoms. The van der Waals surface area contributed by atoms with Crippen LogP contribution in [-0.2, 0) is 10.0 Å². The minimum absolute atomic E-state index is 0.00769. The molecule has 0 saturated heterocycles. The molecule has 146 valence electrons. The third-order valence-corrected chi connectivity index (χ3v) is 5.28. The van der Waals surface area contributed by atoms with Crippen molar-refractivity contribution < 1.29 is 22.3 Å². The third kappa shape index (κ3) is 3.97. The van der Waals surface area contributed by atoms with Crippen molar-refractivity contribution in [2.45, 2.75) is 18.7 Å². The van der Waals surface area contributed by atoms with Gasteiger partial charge in [-0.15, -0.1) is 0 Å². The van der Waals surface area contributed by atoms with E-state index < -0.39 is 15.8 Å². The summed E-state index contributed by atoms with van der Waals surface area (Å²) < 4.78 is 43.6. The number of para-hydroxylation sites is 1. The molecule has 0 aliphatic rings. The smallest absolute Gasteiger partial charge is 0.238 e. The lowest BCUT2D eigenvalue weighted by Gasteiger charge is -2.11. The summed E-state index contributed by atoms with van der Waals surface area (Å²) in [5.74, 6) is -0.803. The van der Waals surface area contributed by atoms with Crippen molar-refractivity contribution in [2.75, 3.05) is 6.61 Å².